The number of hydrogen-bond acceptors (Lipinski definition) is 2. The van der Waals surface area contributed by atoms with E-state index in [4.69, 9.17) is 0 Å². The van der Waals surface area contributed by atoms with Crippen molar-refractivity contribution in [2.24, 2.45) is 11.8 Å². The topological polar surface area (TPSA) is 34.1 Å². The standard InChI is InChI=1S/C12H22O2/c1-5-7-10(4)12(14)8-11(13)9(3)6-2/h9-10H,5-8H2,1-4H3. The van der Waals surface area contributed by atoms with E-state index in [2.05, 4.69) is 6.92 Å². The molecule has 0 spiro atoms. The molecule has 0 aliphatic carbocycles. The number of ketones is 2. The van der Waals surface area contributed by atoms with Crippen molar-refractivity contribution in [3.63, 3.8) is 0 Å². The van der Waals surface area contributed by atoms with Crippen LogP contribution in [0.2, 0.25) is 0 Å². The van der Waals surface area contributed by atoms with Gasteiger partial charge < -0.3 is 0 Å². The average Bonchev–Trinajstić information content (AvgIpc) is 2.16. The molecule has 0 aromatic rings. The minimum atomic E-state index is 0.0350. The smallest absolute Gasteiger partial charge is 0.143 e. The van der Waals surface area contributed by atoms with Gasteiger partial charge in [-0.25, -0.2) is 0 Å². The summed E-state index contributed by atoms with van der Waals surface area (Å²) >= 11 is 0. The van der Waals surface area contributed by atoms with Gasteiger partial charge in [0.15, 0.2) is 0 Å². The van der Waals surface area contributed by atoms with Gasteiger partial charge in [-0.05, 0) is 12.8 Å². The summed E-state index contributed by atoms with van der Waals surface area (Å²) in [5.41, 5.74) is 0. The Bertz CT molecular complexity index is 196. The van der Waals surface area contributed by atoms with Crippen molar-refractivity contribution in [2.45, 2.75) is 53.4 Å². The molecule has 0 N–H and O–H groups in total. The molecule has 0 fully saturated rings. The van der Waals surface area contributed by atoms with Gasteiger partial charge in [0.25, 0.3) is 0 Å². The fourth-order valence-electron chi connectivity index (χ4n) is 1.34. The third-order valence-electron chi connectivity index (χ3n) is 2.78. The Hall–Kier alpha value is -0.660. The Morgan fingerprint density at radius 2 is 1.50 bits per heavy atom. The summed E-state index contributed by atoms with van der Waals surface area (Å²) in [6, 6.07) is 0. The zero-order valence-electron chi connectivity index (χ0n) is 9.80. The van der Waals surface area contributed by atoms with Crippen LogP contribution in [0.5, 0.6) is 0 Å². The average molecular weight is 198 g/mol. The normalized spacial score (nSPS) is 14.9. The van der Waals surface area contributed by atoms with Crippen molar-refractivity contribution in [1.29, 1.82) is 0 Å². The lowest BCUT2D eigenvalue weighted by Gasteiger charge is -2.10. The van der Waals surface area contributed by atoms with Crippen LogP contribution in [0.1, 0.15) is 53.4 Å². The van der Waals surface area contributed by atoms with Gasteiger partial charge >= 0.3 is 0 Å². The fourth-order valence-corrected chi connectivity index (χ4v) is 1.34. The van der Waals surface area contributed by atoms with Gasteiger partial charge in [0.1, 0.15) is 11.6 Å². The molecule has 0 aromatic carbocycles. The minimum Gasteiger partial charge on any atom is -0.299 e. The molecule has 0 aliphatic heterocycles. The Morgan fingerprint density at radius 1 is 1.00 bits per heavy atom. The molecular weight excluding hydrogens is 176 g/mol. The highest BCUT2D eigenvalue weighted by molar-refractivity contribution is 6.00. The van der Waals surface area contributed by atoms with E-state index in [0.717, 1.165) is 19.3 Å². The van der Waals surface area contributed by atoms with Gasteiger partial charge in [0, 0.05) is 11.8 Å². The second kappa shape index (κ2) is 6.74. The van der Waals surface area contributed by atoms with Gasteiger partial charge in [-0.1, -0.05) is 34.1 Å². The molecule has 0 heterocycles. The van der Waals surface area contributed by atoms with E-state index in [1.165, 1.54) is 0 Å². The molecule has 82 valence electrons. The van der Waals surface area contributed by atoms with Crippen LogP contribution in [0.3, 0.4) is 0 Å². The first-order valence-electron chi connectivity index (χ1n) is 5.58. The first kappa shape index (κ1) is 13.3. The summed E-state index contributed by atoms with van der Waals surface area (Å²) in [6.07, 6.45) is 2.86. The van der Waals surface area contributed by atoms with E-state index >= 15 is 0 Å². The molecular formula is C12H22O2. The van der Waals surface area contributed by atoms with Crippen LogP contribution >= 0.6 is 0 Å². The molecule has 2 nitrogen and oxygen atoms in total. The summed E-state index contributed by atoms with van der Waals surface area (Å²) in [5, 5.41) is 0. The zero-order chi connectivity index (χ0) is 11.1. The van der Waals surface area contributed by atoms with E-state index in [1.54, 1.807) is 0 Å². The SMILES string of the molecule is CCCC(C)C(=O)CC(=O)C(C)CC. The highest BCUT2D eigenvalue weighted by Gasteiger charge is 2.18. The predicted octanol–water partition coefficient (Wildman–Crippen LogP) is 3.00. The Balaban J connectivity index is 3.99. The maximum Gasteiger partial charge on any atom is 0.143 e. The van der Waals surface area contributed by atoms with E-state index in [0.29, 0.717) is 0 Å². The van der Waals surface area contributed by atoms with E-state index < -0.39 is 0 Å². The predicted molar refractivity (Wildman–Crippen MR) is 58.2 cm³/mol. The quantitative estimate of drug-likeness (QED) is 0.589. The van der Waals surface area contributed by atoms with Crippen molar-refractivity contribution in [1.82, 2.24) is 0 Å². The van der Waals surface area contributed by atoms with E-state index in [-0.39, 0.29) is 29.8 Å². The number of hydrogen-bond donors (Lipinski definition) is 0. The van der Waals surface area contributed by atoms with Crippen LogP contribution < -0.4 is 0 Å². The Labute approximate surface area is 87.1 Å². The molecule has 0 amide bonds. The van der Waals surface area contributed by atoms with E-state index in [1.807, 2.05) is 20.8 Å². The van der Waals surface area contributed by atoms with Crippen LogP contribution in [0.25, 0.3) is 0 Å². The van der Waals surface area contributed by atoms with Crippen LogP contribution in [0.15, 0.2) is 0 Å². The van der Waals surface area contributed by atoms with Gasteiger partial charge in [-0.15, -0.1) is 0 Å². The summed E-state index contributed by atoms with van der Waals surface area (Å²) in [6.45, 7) is 7.83. The lowest BCUT2D eigenvalue weighted by molar-refractivity contribution is -0.130. The lowest BCUT2D eigenvalue weighted by atomic mass is 9.92. The molecule has 2 heteroatoms. The van der Waals surface area contributed by atoms with Crippen LogP contribution in [-0.2, 0) is 9.59 Å². The second-order valence-electron chi connectivity index (χ2n) is 4.11. The highest BCUT2D eigenvalue weighted by Crippen LogP contribution is 2.12. The summed E-state index contributed by atoms with van der Waals surface area (Å²) in [7, 11) is 0. The lowest BCUT2D eigenvalue weighted by Crippen LogP contribution is -2.19. The molecule has 2 atom stereocenters. The van der Waals surface area contributed by atoms with Crippen molar-refractivity contribution >= 4 is 11.6 Å². The Morgan fingerprint density at radius 3 is 1.93 bits per heavy atom. The summed E-state index contributed by atoms with van der Waals surface area (Å²) in [4.78, 5) is 23.0. The van der Waals surface area contributed by atoms with Crippen molar-refractivity contribution in [3.05, 3.63) is 0 Å². The maximum absolute atomic E-state index is 11.5. The number of rotatable bonds is 7. The molecule has 14 heavy (non-hydrogen) atoms. The van der Waals surface area contributed by atoms with E-state index in [9.17, 15) is 9.59 Å². The monoisotopic (exact) mass is 198 g/mol. The third-order valence-corrected chi connectivity index (χ3v) is 2.78. The molecule has 0 saturated carbocycles. The van der Waals surface area contributed by atoms with Crippen LogP contribution in [0, 0.1) is 11.8 Å². The highest BCUT2D eigenvalue weighted by atomic mass is 16.1. The van der Waals surface area contributed by atoms with Gasteiger partial charge in [-0.2, -0.15) is 0 Å². The fraction of sp³-hybridized carbons (Fsp3) is 0.833. The molecule has 0 radical (unpaired) electrons. The zero-order valence-corrected chi connectivity index (χ0v) is 9.80. The molecule has 0 aromatic heterocycles. The van der Waals surface area contributed by atoms with Crippen LogP contribution in [0.4, 0.5) is 0 Å². The van der Waals surface area contributed by atoms with Crippen molar-refractivity contribution in [3.8, 4) is 0 Å². The Kier molecular flexibility index (Phi) is 6.43. The number of carbonyl (C=O) groups excluding carboxylic acids is 2. The minimum absolute atomic E-state index is 0.0350. The van der Waals surface area contributed by atoms with Crippen molar-refractivity contribution < 1.29 is 9.59 Å². The maximum atomic E-state index is 11.5. The molecule has 0 bridgehead atoms. The molecule has 0 aliphatic rings. The third kappa shape index (κ3) is 4.54. The van der Waals surface area contributed by atoms with Crippen molar-refractivity contribution in [2.75, 3.05) is 0 Å². The van der Waals surface area contributed by atoms with Gasteiger partial charge in [-0.3, -0.25) is 9.59 Å². The number of Topliss-reactive ketones (excluding diaryl/α,β-unsaturated/α-hetero) is 2. The largest absolute Gasteiger partial charge is 0.299 e. The molecule has 2 unspecified atom stereocenters. The van der Waals surface area contributed by atoms with Gasteiger partial charge in [0.05, 0.1) is 6.42 Å². The second-order valence-corrected chi connectivity index (χ2v) is 4.11. The first-order chi connectivity index (χ1) is 6.52. The van der Waals surface area contributed by atoms with Crippen LogP contribution in [-0.4, -0.2) is 11.6 Å². The number of carbonyl (C=O) groups is 2. The molecule has 0 rings (SSSR count). The van der Waals surface area contributed by atoms with Gasteiger partial charge in [0.2, 0.25) is 0 Å². The summed E-state index contributed by atoms with van der Waals surface area (Å²) < 4.78 is 0. The first-order valence-corrected chi connectivity index (χ1v) is 5.58. The molecule has 0 saturated heterocycles. The summed E-state index contributed by atoms with van der Waals surface area (Å²) in [5.74, 6) is 0.290.